The Hall–Kier alpha value is -1.87. The summed E-state index contributed by atoms with van der Waals surface area (Å²) >= 11 is 5.65. The van der Waals surface area contributed by atoms with Crippen LogP contribution in [0.2, 0.25) is 0 Å². The number of benzene rings is 2. The van der Waals surface area contributed by atoms with E-state index in [1.54, 1.807) is 0 Å². The largest absolute Gasteiger partial charge is 0.332 e. The minimum atomic E-state index is 0.397. The van der Waals surface area contributed by atoms with E-state index in [1.165, 1.54) is 22.4 Å². The molecule has 2 aromatic carbocycles. The van der Waals surface area contributed by atoms with E-state index in [0.29, 0.717) is 6.04 Å². The summed E-state index contributed by atoms with van der Waals surface area (Å²) in [6.07, 6.45) is 1.05. The van der Waals surface area contributed by atoms with Crippen LogP contribution in [0.25, 0.3) is 0 Å². The zero-order valence-corrected chi connectivity index (χ0v) is 13.5. The quantitative estimate of drug-likeness (QED) is 0.783. The van der Waals surface area contributed by atoms with Crippen LogP contribution < -0.4 is 10.2 Å². The highest BCUT2D eigenvalue weighted by molar-refractivity contribution is 7.80. The van der Waals surface area contributed by atoms with E-state index in [1.807, 2.05) is 0 Å². The average molecular weight is 296 g/mol. The van der Waals surface area contributed by atoms with Gasteiger partial charge in [-0.2, -0.15) is 0 Å². The maximum atomic E-state index is 5.65. The molecule has 1 N–H and O–H groups in total. The first-order valence-electron chi connectivity index (χ1n) is 7.31. The van der Waals surface area contributed by atoms with E-state index in [9.17, 15) is 0 Å². The Bertz CT molecular complexity index is 673. The van der Waals surface area contributed by atoms with Gasteiger partial charge in [0.25, 0.3) is 0 Å². The van der Waals surface area contributed by atoms with Gasteiger partial charge in [0.1, 0.15) is 0 Å². The van der Waals surface area contributed by atoms with Crippen LogP contribution in [0, 0.1) is 13.8 Å². The highest BCUT2D eigenvalue weighted by Gasteiger charge is 2.28. The predicted octanol–water partition coefficient (Wildman–Crippen LogP) is 4.45. The van der Waals surface area contributed by atoms with Crippen molar-refractivity contribution in [1.29, 1.82) is 0 Å². The van der Waals surface area contributed by atoms with E-state index in [4.69, 9.17) is 12.2 Å². The smallest absolute Gasteiger partial charge is 0.178 e. The predicted molar refractivity (Wildman–Crippen MR) is 94.2 cm³/mol. The summed E-state index contributed by atoms with van der Waals surface area (Å²) in [4.78, 5) is 2.22. The third-order valence-electron chi connectivity index (χ3n) is 3.90. The normalized spacial score (nSPS) is 16.7. The van der Waals surface area contributed by atoms with Crippen LogP contribution >= 0.6 is 12.2 Å². The summed E-state index contributed by atoms with van der Waals surface area (Å²) in [5.41, 5.74) is 6.15. The lowest BCUT2D eigenvalue weighted by Gasteiger charge is -2.26. The molecule has 0 fully saturated rings. The van der Waals surface area contributed by atoms with Crippen molar-refractivity contribution in [3.8, 4) is 0 Å². The summed E-state index contributed by atoms with van der Waals surface area (Å²) in [6, 6.07) is 15.3. The summed E-state index contributed by atoms with van der Waals surface area (Å²) in [5, 5.41) is 4.17. The molecule has 0 radical (unpaired) electrons. The number of thiocarbonyl (C=S) groups is 1. The minimum Gasteiger partial charge on any atom is -0.332 e. The lowest BCUT2D eigenvalue weighted by Crippen LogP contribution is -2.38. The third kappa shape index (κ3) is 2.79. The van der Waals surface area contributed by atoms with Crippen molar-refractivity contribution in [2.45, 2.75) is 33.2 Å². The Kier molecular flexibility index (Phi) is 3.68. The van der Waals surface area contributed by atoms with Crippen molar-refractivity contribution >= 4 is 28.7 Å². The van der Waals surface area contributed by atoms with Crippen LogP contribution in [0.15, 0.2) is 42.5 Å². The molecule has 0 spiro atoms. The first-order chi connectivity index (χ1) is 10.0. The number of aryl methyl sites for hydroxylation is 2. The van der Waals surface area contributed by atoms with Crippen LogP contribution in [0.1, 0.15) is 23.6 Å². The zero-order valence-electron chi connectivity index (χ0n) is 12.7. The molecular formula is C18H20N2S. The van der Waals surface area contributed by atoms with E-state index in [-0.39, 0.29) is 0 Å². The van der Waals surface area contributed by atoms with Gasteiger partial charge in [-0.3, -0.25) is 0 Å². The molecule has 0 aromatic heterocycles. The SMILES string of the molecule is Cc1cc(C)cc(NC(=S)N2c3ccccc3CC2C)c1. The van der Waals surface area contributed by atoms with Crippen molar-refractivity contribution in [1.82, 2.24) is 0 Å². The van der Waals surface area contributed by atoms with Gasteiger partial charge in [-0.15, -0.1) is 0 Å². The third-order valence-corrected chi connectivity index (χ3v) is 4.20. The maximum absolute atomic E-state index is 5.65. The molecule has 1 atom stereocenters. The number of rotatable bonds is 1. The van der Waals surface area contributed by atoms with Crippen molar-refractivity contribution in [2.75, 3.05) is 10.2 Å². The molecule has 1 aliphatic rings. The topological polar surface area (TPSA) is 15.3 Å². The summed E-state index contributed by atoms with van der Waals surface area (Å²) < 4.78 is 0. The molecule has 0 amide bonds. The summed E-state index contributed by atoms with van der Waals surface area (Å²) in [5.74, 6) is 0. The number of fused-ring (bicyclic) bond motifs is 1. The number of hydrogen-bond acceptors (Lipinski definition) is 1. The van der Waals surface area contributed by atoms with E-state index in [2.05, 4.69) is 73.5 Å². The molecule has 0 saturated carbocycles. The molecular weight excluding hydrogens is 276 g/mol. The second kappa shape index (κ2) is 5.49. The van der Waals surface area contributed by atoms with E-state index in [0.717, 1.165) is 17.2 Å². The monoisotopic (exact) mass is 296 g/mol. The first kappa shape index (κ1) is 14.1. The van der Waals surface area contributed by atoms with Gasteiger partial charge in [0.05, 0.1) is 0 Å². The van der Waals surface area contributed by atoms with Crippen molar-refractivity contribution in [3.63, 3.8) is 0 Å². The zero-order chi connectivity index (χ0) is 15.0. The van der Waals surface area contributed by atoms with Gasteiger partial charge in [0, 0.05) is 17.4 Å². The van der Waals surface area contributed by atoms with Gasteiger partial charge in [0.15, 0.2) is 5.11 Å². The van der Waals surface area contributed by atoms with Gasteiger partial charge in [0.2, 0.25) is 0 Å². The van der Waals surface area contributed by atoms with Gasteiger partial charge < -0.3 is 10.2 Å². The Labute approximate surface area is 131 Å². The Morgan fingerprint density at radius 2 is 1.81 bits per heavy atom. The number of hydrogen-bond donors (Lipinski definition) is 1. The van der Waals surface area contributed by atoms with E-state index < -0.39 is 0 Å². The number of anilines is 2. The lowest BCUT2D eigenvalue weighted by atomic mass is 10.1. The van der Waals surface area contributed by atoms with Gasteiger partial charge in [-0.05, 0) is 74.3 Å². The molecule has 2 aromatic rings. The Balaban J connectivity index is 1.86. The highest BCUT2D eigenvalue weighted by atomic mass is 32.1. The Morgan fingerprint density at radius 3 is 2.52 bits per heavy atom. The maximum Gasteiger partial charge on any atom is 0.178 e. The van der Waals surface area contributed by atoms with Crippen molar-refractivity contribution in [2.24, 2.45) is 0 Å². The standard InChI is InChI=1S/C18H20N2S/c1-12-8-13(2)10-16(9-12)19-18(21)20-14(3)11-15-6-4-5-7-17(15)20/h4-10,14H,11H2,1-3H3,(H,19,21). The highest BCUT2D eigenvalue weighted by Crippen LogP contribution is 2.32. The summed E-state index contributed by atoms with van der Waals surface area (Å²) in [6.45, 7) is 6.43. The average Bonchev–Trinajstić information content (AvgIpc) is 2.73. The molecule has 0 bridgehead atoms. The second-order valence-corrected chi connectivity index (χ2v) is 6.25. The van der Waals surface area contributed by atoms with Gasteiger partial charge in [-0.1, -0.05) is 24.3 Å². The van der Waals surface area contributed by atoms with Crippen LogP contribution in [-0.2, 0) is 6.42 Å². The summed E-state index contributed by atoms with van der Waals surface area (Å²) in [7, 11) is 0. The molecule has 3 rings (SSSR count). The van der Waals surface area contributed by atoms with Gasteiger partial charge >= 0.3 is 0 Å². The fraction of sp³-hybridized carbons (Fsp3) is 0.278. The first-order valence-corrected chi connectivity index (χ1v) is 7.72. The molecule has 0 saturated heterocycles. The second-order valence-electron chi connectivity index (χ2n) is 5.86. The molecule has 108 valence electrons. The molecule has 1 aliphatic heterocycles. The Morgan fingerprint density at radius 1 is 1.14 bits per heavy atom. The minimum absolute atomic E-state index is 0.397. The fourth-order valence-corrected chi connectivity index (χ4v) is 3.50. The molecule has 2 nitrogen and oxygen atoms in total. The van der Waals surface area contributed by atoms with Crippen molar-refractivity contribution in [3.05, 3.63) is 59.2 Å². The van der Waals surface area contributed by atoms with Crippen LogP contribution in [0.3, 0.4) is 0 Å². The van der Waals surface area contributed by atoms with E-state index >= 15 is 0 Å². The lowest BCUT2D eigenvalue weighted by molar-refractivity contribution is 0.776. The number of nitrogens with zero attached hydrogens (tertiary/aromatic N) is 1. The van der Waals surface area contributed by atoms with Crippen molar-refractivity contribution < 1.29 is 0 Å². The fourth-order valence-electron chi connectivity index (χ4n) is 3.11. The van der Waals surface area contributed by atoms with Crippen LogP contribution in [0.4, 0.5) is 11.4 Å². The molecule has 0 aliphatic carbocycles. The molecule has 1 heterocycles. The van der Waals surface area contributed by atoms with Crippen LogP contribution in [-0.4, -0.2) is 11.2 Å². The molecule has 21 heavy (non-hydrogen) atoms. The van der Waals surface area contributed by atoms with Crippen LogP contribution in [0.5, 0.6) is 0 Å². The number of para-hydroxylation sites is 1. The number of nitrogens with one attached hydrogen (secondary N) is 1. The molecule has 1 unspecified atom stereocenters. The van der Waals surface area contributed by atoms with Gasteiger partial charge in [-0.25, -0.2) is 0 Å². The molecule has 3 heteroatoms.